The third-order valence-corrected chi connectivity index (χ3v) is 1.84. The zero-order chi connectivity index (χ0) is 13.6. The molecule has 0 unspecified atom stereocenters. The molecular weight excluding hydrogens is 240 g/mol. The molecule has 0 aromatic rings. The van der Waals surface area contributed by atoms with Crippen molar-refractivity contribution in [2.75, 3.05) is 53.2 Å². The van der Waals surface area contributed by atoms with Crippen LogP contribution in [0.4, 0.5) is 0 Å². The minimum atomic E-state index is -0.160. The van der Waals surface area contributed by atoms with E-state index in [9.17, 15) is 9.59 Å². The van der Waals surface area contributed by atoms with Gasteiger partial charge in [0.15, 0.2) is 0 Å². The van der Waals surface area contributed by atoms with Crippen LogP contribution in [-0.4, -0.2) is 65.0 Å². The number of nitrogens with one attached hydrogen (secondary N) is 2. The van der Waals surface area contributed by atoms with Crippen LogP contribution in [0.2, 0.25) is 0 Å². The Bertz CT molecular complexity index is 235. The maximum Gasteiger partial charge on any atom is 0.246 e. The van der Waals surface area contributed by atoms with Crippen LogP contribution in [0, 0.1) is 0 Å². The fraction of sp³-hybridized carbons (Fsp3) is 0.818. The van der Waals surface area contributed by atoms with E-state index in [2.05, 4.69) is 15.4 Å². The normalized spacial score (nSPS) is 10.1. The summed E-state index contributed by atoms with van der Waals surface area (Å²) in [7, 11) is 1.47. The second-order valence-electron chi connectivity index (χ2n) is 3.49. The molecule has 0 saturated heterocycles. The van der Waals surface area contributed by atoms with E-state index in [-0.39, 0.29) is 18.4 Å². The van der Waals surface area contributed by atoms with E-state index >= 15 is 0 Å². The molecule has 0 aromatic carbocycles. The van der Waals surface area contributed by atoms with E-state index in [0.29, 0.717) is 39.5 Å². The summed E-state index contributed by atoms with van der Waals surface area (Å²) in [4.78, 5) is 21.5. The van der Waals surface area contributed by atoms with Crippen molar-refractivity contribution in [2.24, 2.45) is 0 Å². The molecule has 0 spiro atoms. The zero-order valence-corrected chi connectivity index (χ0v) is 11.0. The number of methoxy groups -OCH3 is 1. The van der Waals surface area contributed by atoms with Crippen molar-refractivity contribution in [1.29, 1.82) is 0 Å². The van der Waals surface area contributed by atoms with Crippen LogP contribution >= 0.6 is 0 Å². The SMILES string of the molecule is COCC(=O)NCCOCCOCCNC(C)=O. The first-order valence-electron chi connectivity index (χ1n) is 5.82. The molecule has 0 atom stereocenters. The minimum Gasteiger partial charge on any atom is -0.377 e. The van der Waals surface area contributed by atoms with Gasteiger partial charge in [0.25, 0.3) is 0 Å². The Kier molecular flexibility index (Phi) is 11.5. The number of ether oxygens (including phenoxy) is 3. The fourth-order valence-corrected chi connectivity index (χ4v) is 1.07. The van der Waals surface area contributed by atoms with Gasteiger partial charge in [-0.3, -0.25) is 9.59 Å². The van der Waals surface area contributed by atoms with E-state index in [1.165, 1.54) is 14.0 Å². The maximum absolute atomic E-state index is 11.0. The van der Waals surface area contributed by atoms with Gasteiger partial charge in [0, 0.05) is 27.1 Å². The molecule has 106 valence electrons. The van der Waals surface area contributed by atoms with Crippen molar-refractivity contribution in [3.63, 3.8) is 0 Å². The number of rotatable bonds is 11. The number of carbonyl (C=O) groups is 2. The Morgan fingerprint density at radius 2 is 1.50 bits per heavy atom. The lowest BCUT2D eigenvalue weighted by Crippen LogP contribution is -2.30. The first-order valence-corrected chi connectivity index (χ1v) is 5.82. The molecule has 0 rings (SSSR count). The van der Waals surface area contributed by atoms with Gasteiger partial charge >= 0.3 is 0 Å². The Labute approximate surface area is 107 Å². The highest BCUT2D eigenvalue weighted by molar-refractivity contribution is 5.77. The van der Waals surface area contributed by atoms with Gasteiger partial charge in [-0.1, -0.05) is 0 Å². The molecule has 7 nitrogen and oxygen atoms in total. The molecule has 18 heavy (non-hydrogen) atoms. The van der Waals surface area contributed by atoms with Gasteiger partial charge in [-0.25, -0.2) is 0 Å². The molecular formula is C11H22N2O5. The summed E-state index contributed by atoms with van der Waals surface area (Å²) in [5.41, 5.74) is 0. The van der Waals surface area contributed by atoms with Gasteiger partial charge in [0.2, 0.25) is 11.8 Å². The molecule has 0 aliphatic heterocycles. The Hall–Kier alpha value is -1.18. The molecule has 0 saturated carbocycles. The summed E-state index contributed by atoms with van der Waals surface area (Å²) >= 11 is 0. The highest BCUT2D eigenvalue weighted by Crippen LogP contribution is 1.78. The van der Waals surface area contributed by atoms with Crippen LogP contribution in [0.1, 0.15) is 6.92 Å². The van der Waals surface area contributed by atoms with Crippen molar-refractivity contribution < 1.29 is 23.8 Å². The summed E-state index contributed by atoms with van der Waals surface area (Å²) in [6.07, 6.45) is 0. The van der Waals surface area contributed by atoms with E-state index < -0.39 is 0 Å². The summed E-state index contributed by atoms with van der Waals surface area (Å²) in [5, 5.41) is 5.25. The Morgan fingerprint density at radius 3 is 2.00 bits per heavy atom. The van der Waals surface area contributed by atoms with E-state index in [4.69, 9.17) is 9.47 Å². The highest BCUT2D eigenvalue weighted by Gasteiger charge is 1.97. The van der Waals surface area contributed by atoms with Crippen LogP contribution in [-0.2, 0) is 23.8 Å². The molecule has 7 heteroatoms. The average Bonchev–Trinajstić information content (AvgIpc) is 2.31. The predicted molar refractivity (Wildman–Crippen MR) is 65.2 cm³/mol. The molecule has 2 amide bonds. The van der Waals surface area contributed by atoms with Crippen molar-refractivity contribution in [3.05, 3.63) is 0 Å². The standard InChI is InChI=1S/C11H22N2O5/c1-10(14)12-3-5-17-7-8-18-6-4-13-11(15)9-16-2/h3-9H2,1-2H3,(H,12,14)(H,13,15). The highest BCUT2D eigenvalue weighted by atomic mass is 16.5. The summed E-state index contributed by atoms with van der Waals surface area (Å²) in [6, 6.07) is 0. The van der Waals surface area contributed by atoms with Gasteiger partial charge in [-0.05, 0) is 0 Å². The van der Waals surface area contributed by atoms with Crippen LogP contribution in [0.25, 0.3) is 0 Å². The third kappa shape index (κ3) is 12.9. The Balaban J connectivity index is 3.07. The number of hydrogen-bond acceptors (Lipinski definition) is 5. The number of amides is 2. The van der Waals surface area contributed by atoms with Crippen LogP contribution in [0.3, 0.4) is 0 Å². The third-order valence-electron chi connectivity index (χ3n) is 1.84. The summed E-state index contributed by atoms with van der Waals surface area (Å²) < 4.78 is 15.1. The molecule has 0 aromatic heterocycles. The lowest BCUT2D eigenvalue weighted by atomic mass is 10.6. The molecule has 0 fully saturated rings. The minimum absolute atomic E-state index is 0.0618. The van der Waals surface area contributed by atoms with E-state index in [1.54, 1.807) is 0 Å². The largest absolute Gasteiger partial charge is 0.377 e. The molecule has 0 radical (unpaired) electrons. The van der Waals surface area contributed by atoms with Gasteiger partial charge in [-0.15, -0.1) is 0 Å². The van der Waals surface area contributed by atoms with Gasteiger partial charge in [0.1, 0.15) is 6.61 Å². The van der Waals surface area contributed by atoms with Crippen molar-refractivity contribution in [1.82, 2.24) is 10.6 Å². The van der Waals surface area contributed by atoms with Crippen LogP contribution in [0.5, 0.6) is 0 Å². The smallest absolute Gasteiger partial charge is 0.246 e. The van der Waals surface area contributed by atoms with Crippen molar-refractivity contribution >= 4 is 11.8 Å². The average molecular weight is 262 g/mol. The van der Waals surface area contributed by atoms with Crippen LogP contribution in [0.15, 0.2) is 0 Å². The van der Waals surface area contributed by atoms with Gasteiger partial charge < -0.3 is 24.8 Å². The topological polar surface area (TPSA) is 85.9 Å². The van der Waals surface area contributed by atoms with Crippen LogP contribution < -0.4 is 10.6 Å². The number of hydrogen-bond donors (Lipinski definition) is 2. The first-order chi connectivity index (χ1) is 8.66. The lowest BCUT2D eigenvalue weighted by Gasteiger charge is -2.07. The second-order valence-corrected chi connectivity index (χ2v) is 3.49. The van der Waals surface area contributed by atoms with E-state index in [1.807, 2.05) is 0 Å². The molecule has 0 aliphatic carbocycles. The lowest BCUT2D eigenvalue weighted by molar-refractivity contribution is -0.125. The van der Waals surface area contributed by atoms with Crippen molar-refractivity contribution in [3.8, 4) is 0 Å². The molecule has 0 aliphatic rings. The first kappa shape index (κ1) is 16.8. The quantitative estimate of drug-likeness (QED) is 0.463. The fourth-order valence-electron chi connectivity index (χ4n) is 1.07. The zero-order valence-electron chi connectivity index (χ0n) is 11.0. The summed E-state index contributed by atoms with van der Waals surface area (Å²) in [5.74, 6) is -0.227. The van der Waals surface area contributed by atoms with E-state index in [0.717, 1.165) is 0 Å². The molecule has 2 N–H and O–H groups in total. The predicted octanol–water partition coefficient (Wildman–Crippen LogP) is -1.08. The summed E-state index contributed by atoms with van der Waals surface area (Å²) in [6.45, 7) is 4.30. The van der Waals surface area contributed by atoms with Gasteiger partial charge in [-0.2, -0.15) is 0 Å². The van der Waals surface area contributed by atoms with Crippen molar-refractivity contribution in [2.45, 2.75) is 6.92 Å². The Morgan fingerprint density at radius 1 is 0.944 bits per heavy atom. The maximum atomic E-state index is 11.0. The monoisotopic (exact) mass is 262 g/mol. The number of carbonyl (C=O) groups excluding carboxylic acids is 2. The molecule has 0 bridgehead atoms. The molecule has 0 heterocycles. The second kappa shape index (κ2) is 12.3. The van der Waals surface area contributed by atoms with Gasteiger partial charge in [0.05, 0.1) is 26.4 Å².